The number of carbonyl (C=O) groups excluding carboxylic acids is 2. The van der Waals surface area contributed by atoms with E-state index in [0.29, 0.717) is 30.1 Å². The molecule has 9 heteroatoms. The van der Waals surface area contributed by atoms with Crippen LogP contribution in [0.4, 0.5) is 21.9 Å². The molecule has 36 heavy (non-hydrogen) atoms. The zero-order chi connectivity index (χ0) is 25.2. The molecule has 2 aromatic carbocycles. The van der Waals surface area contributed by atoms with Crippen LogP contribution < -0.4 is 25.6 Å². The summed E-state index contributed by atoms with van der Waals surface area (Å²) in [5.41, 5.74) is 2.72. The predicted octanol–water partition coefficient (Wildman–Crippen LogP) is 3.78. The second-order valence-electron chi connectivity index (χ2n) is 9.03. The Balaban J connectivity index is 1.37. The summed E-state index contributed by atoms with van der Waals surface area (Å²) >= 11 is 0. The van der Waals surface area contributed by atoms with Gasteiger partial charge in [0.05, 0.1) is 25.4 Å². The van der Waals surface area contributed by atoms with Crippen LogP contribution in [0.3, 0.4) is 0 Å². The van der Waals surface area contributed by atoms with E-state index in [1.165, 1.54) is 0 Å². The molecule has 2 aromatic rings. The van der Waals surface area contributed by atoms with E-state index in [1.807, 2.05) is 31.2 Å². The van der Waals surface area contributed by atoms with Crippen molar-refractivity contribution in [3.05, 3.63) is 48.0 Å². The molecule has 4 rings (SSSR count). The largest absolute Gasteiger partial charge is 0.494 e. The minimum atomic E-state index is -0.370. The minimum Gasteiger partial charge on any atom is -0.494 e. The number of nitrogens with zero attached hydrogens (tertiary/aromatic N) is 2. The van der Waals surface area contributed by atoms with Crippen LogP contribution >= 0.6 is 0 Å². The number of urea groups is 1. The molecule has 0 bridgehead atoms. The van der Waals surface area contributed by atoms with Crippen molar-refractivity contribution in [3.8, 4) is 5.75 Å². The van der Waals surface area contributed by atoms with Crippen molar-refractivity contribution in [1.82, 2.24) is 10.2 Å². The number of morpholine rings is 1. The molecule has 3 N–H and O–H groups in total. The Morgan fingerprint density at radius 2 is 1.64 bits per heavy atom. The van der Waals surface area contributed by atoms with E-state index in [9.17, 15) is 9.59 Å². The Bertz CT molecular complexity index is 1000. The molecule has 2 fully saturated rings. The lowest BCUT2D eigenvalue weighted by atomic mass is 10.1. The molecule has 194 valence electrons. The third-order valence-corrected chi connectivity index (χ3v) is 6.41. The van der Waals surface area contributed by atoms with Crippen molar-refractivity contribution >= 4 is 29.0 Å². The van der Waals surface area contributed by atoms with Gasteiger partial charge in [0.15, 0.2) is 0 Å². The highest BCUT2D eigenvalue weighted by atomic mass is 16.5. The van der Waals surface area contributed by atoms with Crippen molar-refractivity contribution in [2.45, 2.75) is 26.2 Å². The van der Waals surface area contributed by atoms with Crippen LogP contribution in [0.15, 0.2) is 42.5 Å². The Hall–Kier alpha value is -3.30. The lowest BCUT2D eigenvalue weighted by Gasteiger charge is -2.26. The number of rotatable bonds is 10. The van der Waals surface area contributed by atoms with Gasteiger partial charge in [-0.2, -0.15) is 0 Å². The zero-order valence-electron chi connectivity index (χ0n) is 21.1. The van der Waals surface area contributed by atoms with Crippen LogP contribution in [0.2, 0.25) is 0 Å². The van der Waals surface area contributed by atoms with Crippen LogP contribution in [0.25, 0.3) is 0 Å². The van der Waals surface area contributed by atoms with Gasteiger partial charge in [-0.25, -0.2) is 4.79 Å². The third kappa shape index (κ3) is 7.35. The topological polar surface area (TPSA) is 95.2 Å². The molecule has 0 aliphatic carbocycles. The van der Waals surface area contributed by atoms with Crippen molar-refractivity contribution in [1.29, 1.82) is 0 Å². The molecule has 9 nitrogen and oxygen atoms in total. The number of ether oxygens (including phenoxy) is 2. The molecular formula is C27H37N5O4. The van der Waals surface area contributed by atoms with E-state index in [1.54, 1.807) is 18.2 Å². The van der Waals surface area contributed by atoms with Gasteiger partial charge in [0.1, 0.15) is 5.75 Å². The number of amides is 3. The maximum Gasteiger partial charge on any atom is 0.323 e. The van der Waals surface area contributed by atoms with Crippen molar-refractivity contribution in [3.63, 3.8) is 0 Å². The lowest BCUT2D eigenvalue weighted by Crippen LogP contribution is -2.38. The summed E-state index contributed by atoms with van der Waals surface area (Å²) < 4.78 is 10.8. The molecule has 0 radical (unpaired) electrons. The number of anilines is 3. The fourth-order valence-electron chi connectivity index (χ4n) is 4.55. The second kappa shape index (κ2) is 13.1. The van der Waals surface area contributed by atoms with Gasteiger partial charge in [0, 0.05) is 49.8 Å². The Kier molecular flexibility index (Phi) is 9.40. The monoisotopic (exact) mass is 495 g/mol. The van der Waals surface area contributed by atoms with Crippen LogP contribution in [0, 0.1) is 0 Å². The quantitative estimate of drug-likeness (QED) is 0.434. The molecule has 0 aromatic heterocycles. The minimum absolute atomic E-state index is 0.116. The highest BCUT2D eigenvalue weighted by Gasteiger charge is 2.20. The van der Waals surface area contributed by atoms with E-state index in [4.69, 9.17) is 9.47 Å². The summed E-state index contributed by atoms with van der Waals surface area (Å²) in [6.07, 6.45) is 3.11. The van der Waals surface area contributed by atoms with Crippen molar-refractivity contribution in [2.24, 2.45) is 0 Å². The Morgan fingerprint density at radius 3 is 2.36 bits per heavy atom. The first kappa shape index (κ1) is 25.8. The summed E-state index contributed by atoms with van der Waals surface area (Å²) in [7, 11) is 0. The first-order valence-corrected chi connectivity index (χ1v) is 12.9. The standard InChI is InChI=1S/C27H37N5O4/c1-2-36-23-9-6-21(7-10-23)29-27(34)30-22-8-11-25(32-14-3-4-15-32)24(20-22)26(33)28-12-5-13-31-16-18-35-19-17-31/h6-11,20H,2-5,12-19H2,1H3,(H,28,33)(H2,29,30,34). The number of nitrogens with one attached hydrogen (secondary N) is 3. The van der Waals surface area contributed by atoms with Crippen LogP contribution in [0.5, 0.6) is 5.75 Å². The summed E-state index contributed by atoms with van der Waals surface area (Å²) in [6, 6.07) is 12.4. The van der Waals surface area contributed by atoms with Crippen LogP contribution in [0.1, 0.15) is 36.5 Å². The normalized spacial score (nSPS) is 16.0. The molecule has 2 saturated heterocycles. The van der Waals surface area contributed by atoms with E-state index in [0.717, 1.165) is 76.6 Å². The summed E-state index contributed by atoms with van der Waals surface area (Å²) in [5.74, 6) is 0.635. The second-order valence-corrected chi connectivity index (χ2v) is 9.03. The molecule has 2 aliphatic heterocycles. The average Bonchev–Trinajstić information content (AvgIpc) is 3.43. The first-order chi connectivity index (χ1) is 17.6. The molecular weight excluding hydrogens is 458 g/mol. The van der Waals surface area contributed by atoms with Gasteiger partial charge in [-0.1, -0.05) is 0 Å². The van der Waals surface area contributed by atoms with Gasteiger partial charge in [0.2, 0.25) is 0 Å². The highest BCUT2D eigenvalue weighted by molar-refractivity contribution is 6.04. The smallest absolute Gasteiger partial charge is 0.323 e. The molecule has 2 heterocycles. The van der Waals surface area contributed by atoms with E-state index >= 15 is 0 Å². The van der Waals surface area contributed by atoms with Crippen LogP contribution in [-0.4, -0.2) is 75.9 Å². The molecule has 0 saturated carbocycles. The predicted molar refractivity (Wildman–Crippen MR) is 142 cm³/mol. The number of hydrogen-bond acceptors (Lipinski definition) is 6. The molecule has 2 aliphatic rings. The molecule has 0 unspecified atom stereocenters. The first-order valence-electron chi connectivity index (χ1n) is 12.9. The van der Waals surface area contributed by atoms with Gasteiger partial charge in [-0.05, 0) is 75.2 Å². The maximum atomic E-state index is 13.2. The Labute approximate surface area is 213 Å². The number of carbonyl (C=O) groups is 2. The fourth-order valence-corrected chi connectivity index (χ4v) is 4.55. The van der Waals surface area contributed by atoms with Gasteiger partial charge in [0.25, 0.3) is 5.91 Å². The van der Waals surface area contributed by atoms with Gasteiger partial charge >= 0.3 is 6.03 Å². The molecule has 0 atom stereocenters. The average molecular weight is 496 g/mol. The van der Waals surface area contributed by atoms with Gasteiger partial charge in [-0.15, -0.1) is 0 Å². The van der Waals surface area contributed by atoms with Crippen LogP contribution in [-0.2, 0) is 4.74 Å². The third-order valence-electron chi connectivity index (χ3n) is 6.41. The van der Waals surface area contributed by atoms with E-state index in [-0.39, 0.29) is 11.9 Å². The molecule has 0 spiro atoms. The molecule has 3 amide bonds. The van der Waals surface area contributed by atoms with Crippen molar-refractivity contribution in [2.75, 3.05) is 74.6 Å². The zero-order valence-corrected chi connectivity index (χ0v) is 21.1. The van der Waals surface area contributed by atoms with E-state index < -0.39 is 0 Å². The number of hydrogen-bond donors (Lipinski definition) is 3. The van der Waals surface area contributed by atoms with Crippen molar-refractivity contribution < 1.29 is 19.1 Å². The summed E-state index contributed by atoms with van der Waals surface area (Å²) in [6.45, 7) is 9.36. The van der Waals surface area contributed by atoms with Gasteiger partial charge in [-0.3, -0.25) is 9.69 Å². The summed E-state index contributed by atoms with van der Waals surface area (Å²) in [5, 5.41) is 8.75. The maximum absolute atomic E-state index is 13.2. The summed E-state index contributed by atoms with van der Waals surface area (Å²) in [4.78, 5) is 30.4. The SMILES string of the molecule is CCOc1ccc(NC(=O)Nc2ccc(N3CCCC3)c(C(=O)NCCCN3CCOCC3)c2)cc1. The number of benzene rings is 2. The Morgan fingerprint density at radius 1 is 0.944 bits per heavy atom. The highest BCUT2D eigenvalue weighted by Crippen LogP contribution is 2.28. The van der Waals surface area contributed by atoms with Gasteiger partial charge < -0.3 is 30.3 Å². The van der Waals surface area contributed by atoms with E-state index in [2.05, 4.69) is 25.8 Å². The fraction of sp³-hybridized carbons (Fsp3) is 0.481. The lowest BCUT2D eigenvalue weighted by molar-refractivity contribution is 0.0374.